The summed E-state index contributed by atoms with van der Waals surface area (Å²) in [6.07, 6.45) is 11.2. The maximum Gasteiger partial charge on any atom is 0.327 e. The number of likely N-dealkylation sites (tertiary alicyclic amines) is 1. The number of carbonyl (C=O) groups excluding carboxylic acids is 2. The highest BCUT2D eigenvalue weighted by Crippen LogP contribution is 2.39. The monoisotopic (exact) mass is 455 g/mol. The molecule has 0 unspecified atom stereocenters. The number of imide groups is 1. The Morgan fingerprint density at radius 2 is 1.64 bits per heavy atom. The summed E-state index contributed by atoms with van der Waals surface area (Å²) in [7, 11) is 0. The molecule has 33 heavy (non-hydrogen) atoms. The highest BCUT2D eigenvalue weighted by Gasteiger charge is 2.57. The molecule has 1 N–H and O–H groups in total. The molecule has 6 nitrogen and oxygen atoms in total. The Hall–Kier alpha value is -1.92. The van der Waals surface area contributed by atoms with Crippen LogP contribution in [0.1, 0.15) is 69.8 Å². The van der Waals surface area contributed by atoms with Gasteiger partial charge < -0.3 is 14.9 Å². The fourth-order valence-corrected chi connectivity index (χ4v) is 6.02. The van der Waals surface area contributed by atoms with Crippen LogP contribution in [0.4, 0.5) is 4.79 Å². The number of rotatable bonds is 10. The average molecular weight is 456 g/mol. The molecule has 1 aromatic carbocycles. The summed E-state index contributed by atoms with van der Waals surface area (Å²) in [5.74, 6) is 0.524. The van der Waals surface area contributed by atoms with Crippen LogP contribution in [0.25, 0.3) is 0 Å². The number of urea groups is 1. The number of amides is 3. The van der Waals surface area contributed by atoms with E-state index in [1.165, 1.54) is 24.8 Å². The van der Waals surface area contributed by atoms with Crippen molar-refractivity contribution < 1.29 is 14.7 Å². The van der Waals surface area contributed by atoms with Crippen LogP contribution < -0.4 is 0 Å². The van der Waals surface area contributed by atoms with Gasteiger partial charge in [0.15, 0.2) is 0 Å². The molecule has 0 bridgehead atoms. The zero-order valence-corrected chi connectivity index (χ0v) is 20.1. The molecular weight excluding hydrogens is 414 g/mol. The molecule has 182 valence electrons. The van der Waals surface area contributed by atoms with Crippen molar-refractivity contribution in [2.45, 2.75) is 76.2 Å². The highest BCUT2D eigenvalue weighted by atomic mass is 16.3. The molecule has 0 radical (unpaired) electrons. The molecular formula is C27H41N3O3. The molecule has 4 rings (SSSR count). The van der Waals surface area contributed by atoms with Gasteiger partial charge in [0.05, 0.1) is 0 Å². The number of hydrogen-bond donors (Lipinski definition) is 1. The van der Waals surface area contributed by atoms with Crippen LogP contribution in [0.3, 0.4) is 0 Å². The number of benzene rings is 1. The van der Waals surface area contributed by atoms with Gasteiger partial charge in [0.2, 0.25) is 0 Å². The Morgan fingerprint density at radius 3 is 2.33 bits per heavy atom. The van der Waals surface area contributed by atoms with E-state index in [-0.39, 0.29) is 18.5 Å². The van der Waals surface area contributed by atoms with Crippen molar-refractivity contribution in [3.8, 4) is 0 Å². The van der Waals surface area contributed by atoms with Gasteiger partial charge in [-0.1, -0.05) is 49.6 Å². The number of hydrogen-bond acceptors (Lipinski definition) is 4. The molecule has 2 saturated heterocycles. The molecule has 1 aromatic rings. The molecule has 0 atom stereocenters. The number of carbonyl (C=O) groups is 2. The first kappa shape index (κ1) is 24.2. The number of unbranched alkanes of at least 4 members (excludes halogenated alkanes) is 2. The van der Waals surface area contributed by atoms with E-state index in [4.69, 9.17) is 5.11 Å². The smallest absolute Gasteiger partial charge is 0.327 e. The lowest BCUT2D eigenvalue weighted by molar-refractivity contribution is -0.136. The average Bonchev–Trinajstić information content (AvgIpc) is 3.04. The van der Waals surface area contributed by atoms with E-state index in [1.807, 2.05) is 23.1 Å². The Morgan fingerprint density at radius 1 is 0.909 bits per heavy atom. The maximum absolute atomic E-state index is 13.8. The van der Waals surface area contributed by atoms with Crippen LogP contribution >= 0.6 is 0 Å². The van der Waals surface area contributed by atoms with Gasteiger partial charge in [0, 0.05) is 32.8 Å². The van der Waals surface area contributed by atoms with Crippen LogP contribution in [0.2, 0.25) is 0 Å². The van der Waals surface area contributed by atoms with Crippen molar-refractivity contribution in [2.75, 3.05) is 39.3 Å². The first-order valence-corrected chi connectivity index (χ1v) is 13.1. The van der Waals surface area contributed by atoms with Gasteiger partial charge in [0.1, 0.15) is 5.54 Å². The lowest BCUT2D eigenvalue weighted by Crippen LogP contribution is -2.57. The summed E-state index contributed by atoms with van der Waals surface area (Å²) in [5, 5.41) is 9.01. The highest BCUT2D eigenvalue weighted by molar-refractivity contribution is 6.07. The predicted molar refractivity (Wildman–Crippen MR) is 130 cm³/mol. The van der Waals surface area contributed by atoms with E-state index in [0.717, 1.165) is 71.0 Å². The summed E-state index contributed by atoms with van der Waals surface area (Å²) >= 11 is 0. The third kappa shape index (κ3) is 5.60. The minimum absolute atomic E-state index is 0.0575. The maximum atomic E-state index is 13.8. The van der Waals surface area contributed by atoms with Gasteiger partial charge >= 0.3 is 6.03 Å². The first-order chi connectivity index (χ1) is 16.1. The normalized spacial score (nSPS) is 22.0. The first-order valence-electron chi connectivity index (χ1n) is 13.1. The standard InChI is InChI=1S/C27H41N3O3/c31-21-9-3-8-17-28-19-15-27(16-20-28)25(32)29(22-24-12-6-2-7-13-24)26(33)30(27)18-14-23-10-4-1-5-11-23/h1,4-5,10-11,24,31H,2-3,6-9,12-22H2. The number of aliphatic hydroxyl groups excluding tert-OH is 1. The minimum atomic E-state index is -0.665. The number of aliphatic hydroxyl groups is 1. The molecule has 1 aliphatic carbocycles. The van der Waals surface area contributed by atoms with Gasteiger partial charge in [-0.25, -0.2) is 4.79 Å². The Balaban J connectivity index is 1.45. The van der Waals surface area contributed by atoms with Gasteiger partial charge in [0.25, 0.3) is 5.91 Å². The van der Waals surface area contributed by atoms with Gasteiger partial charge in [-0.2, -0.15) is 0 Å². The third-order valence-corrected chi connectivity index (χ3v) is 8.07. The summed E-state index contributed by atoms with van der Waals surface area (Å²) in [6, 6.07) is 10.2. The van der Waals surface area contributed by atoms with Crippen molar-refractivity contribution in [2.24, 2.45) is 5.92 Å². The van der Waals surface area contributed by atoms with Crippen molar-refractivity contribution in [3.05, 3.63) is 35.9 Å². The van der Waals surface area contributed by atoms with Gasteiger partial charge in [-0.05, 0) is 69.4 Å². The minimum Gasteiger partial charge on any atom is -0.396 e. The molecule has 1 spiro atoms. The fraction of sp³-hybridized carbons (Fsp3) is 0.704. The topological polar surface area (TPSA) is 64.1 Å². The molecule has 3 aliphatic rings. The van der Waals surface area contributed by atoms with Crippen LogP contribution in [0.5, 0.6) is 0 Å². The van der Waals surface area contributed by atoms with Gasteiger partial charge in [-0.15, -0.1) is 0 Å². The summed E-state index contributed by atoms with van der Waals surface area (Å²) in [5.41, 5.74) is 0.544. The SMILES string of the molecule is O=C1N(CC2CCCCC2)C(=O)C2(CCN(CCCCCO)CC2)N1CCc1ccccc1. The van der Waals surface area contributed by atoms with Crippen LogP contribution in [0.15, 0.2) is 30.3 Å². The zero-order chi connectivity index (χ0) is 23.1. The molecule has 1 saturated carbocycles. The summed E-state index contributed by atoms with van der Waals surface area (Å²) in [6.45, 7) is 4.19. The van der Waals surface area contributed by atoms with E-state index in [2.05, 4.69) is 17.0 Å². The fourth-order valence-electron chi connectivity index (χ4n) is 6.02. The van der Waals surface area contributed by atoms with Crippen molar-refractivity contribution in [1.82, 2.24) is 14.7 Å². The third-order valence-electron chi connectivity index (χ3n) is 8.07. The molecule has 3 amide bonds. The molecule has 2 heterocycles. The van der Waals surface area contributed by atoms with Crippen LogP contribution in [0, 0.1) is 5.92 Å². The van der Waals surface area contributed by atoms with Crippen molar-refractivity contribution in [3.63, 3.8) is 0 Å². The summed E-state index contributed by atoms with van der Waals surface area (Å²) < 4.78 is 0. The zero-order valence-electron chi connectivity index (χ0n) is 20.1. The number of piperidine rings is 1. The lowest BCUT2D eigenvalue weighted by atomic mass is 9.84. The lowest BCUT2D eigenvalue weighted by Gasteiger charge is -2.42. The van der Waals surface area contributed by atoms with Crippen LogP contribution in [-0.4, -0.2) is 76.6 Å². The molecule has 3 fully saturated rings. The molecule has 0 aromatic heterocycles. The Bertz CT molecular complexity index is 770. The van der Waals surface area contributed by atoms with E-state index in [0.29, 0.717) is 19.0 Å². The van der Waals surface area contributed by atoms with Gasteiger partial charge in [-0.3, -0.25) is 9.69 Å². The molecule has 2 aliphatic heterocycles. The molecule has 6 heteroatoms. The van der Waals surface area contributed by atoms with E-state index >= 15 is 0 Å². The van der Waals surface area contributed by atoms with Crippen molar-refractivity contribution in [1.29, 1.82) is 0 Å². The predicted octanol–water partition coefficient (Wildman–Crippen LogP) is 4.07. The van der Waals surface area contributed by atoms with E-state index in [9.17, 15) is 9.59 Å². The van der Waals surface area contributed by atoms with Crippen molar-refractivity contribution >= 4 is 11.9 Å². The summed E-state index contributed by atoms with van der Waals surface area (Å²) in [4.78, 5) is 33.4. The number of nitrogens with zero attached hydrogens (tertiary/aromatic N) is 3. The van der Waals surface area contributed by atoms with E-state index < -0.39 is 5.54 Å². The largest absolute Gasteiger partial charge is 0.396 e. The second-order valence-electron chi connectivity index (χ2n) is 10.2. The van der Waals surface area contributed by atoms with E-state index in [1.54, 1.807) is 4.90 Å². The second-order valence-corrected chi connectivity index (χ2v) is 10.2. The Labute approximate surface area is 198 Å². The van der Waals surface area contributed by atoms with Crippen LogP contribution in [-0.2, 0) is 11.2 Å². The quantitative estimate of drug-likeness (QED) is 0.427. The Kier molecular flexibility index (Phi) is 8.42. The second kappa shape index (κ2) is 11.5.